The minimum atomic E-state index is -0.817. The second-order valence-corrected chi connectivity index (χ2v) is 9.42. The minimum absolute atomic E-state index is 0.193. The van der Waals surface area contributed by atoms with Crippen molar-refractivity contribution in [1.82, 2.24) is 0 Å². The third-order valence-electron chi connectivity index (χ3n) is 7.21. The zero-order valence-electron chi connectivity index (χ0n) is 18.5. The molecule has 0 aromatic heterocycles. The molecule has 0 unspecified atom stereocenters. The van der Waals surface area contributed by atoms with Gasteiger partial charge in [0.1, 0.15) is 11.3 Å². The van der Waals surface area contributed by atoms with Crippen molar-refractivity contribution in [2.45, 2.75) is 36.6 Å². The lowest BCUT2D eigenvalue weighted by atomic mass is 9.61. The van der Waals surface area contributed by atoms with Gasteiger partial charge in [0, 0.05) is 16.1 Å². The number of rotatable bonds is 4. The molecule has 1 spiro atoms. The highest BCUT2D eigenvalue weighted by Crippen LogP contribution is 2.56. The summed E-state index contributed by atoms with van der Waals surface area (Å²) < 4.78 is 5.26. The summed E-state index contributed by atoms with van der Waals surface area (Å²) in [6, 6.07) is 23.4. The van der Waals surface area contributed by atoms with E-state index in [2.05, 4.69) is 35.7 Å². The van der Waals surface area contributed by atoms with Gasteiger partial charge in [0.2, 0.25) is 0 Å². The number of halogens is 1. The van der Waals surface area contributed by atoms with E-state index in [1.54, 1.807) is 12.1 Å². The van der Waals surface area contributed by atoms with Gasteiger partial charge in [-0.1, -0.05) is 54.1 Å². The number of hydrogen-bond donors (Lipinski definition) is 2. The molecule has 33 heavy (non-hydrogen) atoms. The highest BCUT2D eigenvalue weighted by molar-refractivity contribution is 6.30. The fourth-order valence-electron chi connectivity index (χ4n) is 5.56. The molecule has 168 valence electrons. The van der Waals surface area contributed by atoms with E-state index in [9.17, 15) is 9.90 Å². The van der Waals surface area contributed by atoms with Crippen molar-refractivity contribution in [1.29, 1.82) is 0 Å². The fourth-order valence-corrected chi connectivity index (χ4v) is 5.75. The van der Waals surface area contributed by atoms with Crippen LogP contribution in [0.1, 0.15) is 42.4 Å². The third-order valence-corrected chi connectivity index (χ3v) is 7.45. The minimum Gasteiger partial charge on any atom is -0.508 e. The maximum absolute atomic E-state index is 13.1. The van der Waals surface area contributed by atoms with E-state index < -0.39 is 5.54 Å². The number of benzene rings is 3. The number of anilines is 1. The molecule has 5 heteroatoms. The van der Waals surface area contributed by atoms with Gasteiger partial charge in [-0.2, -0.15) is 0 Å². The predicted molar refractivity (Wildman–Crippen MR) is 132 cm³/mol. The second-order valence-electron chi connectivity index (χ2n) is 8.98. The topological polar surface area (TPSA) is 58.6 Å². The van der Waals surface area contributed by atoms with E-state index in [-0.39, 0.29) is 17.1 Å². The molecule has 2 N–H and O–H groups in total. The molecule has 2 aliphatic rings. The highest BCUT2D eigenvalue weighted by atomic mass is 35.5. The first-order valence-corrected chi connectivity index (χ1v) is 11.6. The number of hydrogen-bond acceptors (Lipinski definition) is 4. The fraction of sp³-hybridized carbons (Fsp3) is 0.250. The zero-order chi connectivity index (χ0) is 23.1. The number of aromatic hydroxyl groups is 1. The van der Waals surface area contributed by atoms with E-state index in [1.165, 1.54) is 23.8 Å². The number of ether oxygens (including phenoxy) is 1. The number of allylic oxidation sites excluding steroid dienone is 1. The van der Waals surface area contributed by atoms with Gasteiger partial charge in [-0.15, -0.1) is 0 Å². The number of esters is 1. The summed E-state index contributed by atoms with van der Waals surface area (Å²) in [5.74, 6) is 0.00163. The van der Waals surface area contributed by atoms with Crippen molar-refractivity contribution in [3.63, 3.8) is 0 Å². The van der Waals surface area contributed by atoms with Crippen LogP contribution in [0.25, 0.3) is 11.6 Å². The molecule has 1 fully saturated rings. The summed E-state index contributed by atoms with van der Waals surface area (Å²) in [6.45, 7) is 0. The van der Waals surface area contributed by atoms with Crippen molar-refractivity contribution in [3.8, 4) is 5.75 Å². The number of phenolic OH excluding ortho intramolecular Hbond substituents is 1. The number of carbonyl (C=O) groups excluding carboxylic acids is 1. The van der Waals surface area contributed by atoms with Gasteiger partial charge in [0.15, 0.2) is 0 Å². The molecular formula is C28H26ClNO3. The summed E-state index contributed by atoms with van der Waals surface area (Å²) in [7, 11) is 1.45. The maximum Gasteiger partial charge on any atom is 0.331 e. The summed E-state index contributed by atoms with van der Waals surface area (Å²) in [5, 5.41) is 13.9. The number of nitrogens with one attached hydrogen (secondary N) is 1. The SMILES string of the molecule is COC(=O)C1(Nc2cccc(Cl)c2)CCC2(CC1)C(c1ccc(O)cc1)=Cc1ccccc12. The molecule has 4 nitrogen and oxygen atoms in total. The Morgan fingerprint density at radius 3 is 2.39 bits per heavy atom. The molecule has 5 rings (SSSR count). The van der Waals surface area contributed by atoms with Gasteiger partial charge in [-0.05, 0) is 84.4 Å². The van der Waals surface area contributed by atoms with Crippen LogP contribution < -0.4 is 5.32 Å². The van der Waals surface area contributed by atoms with Crippen molar-refractivity contribution < 1.29 is 14.6 Å². The van der Waals surface area contributed by atoms with Crippen LogP contribution in [0, 0.1) is 0 Å². The van der Waals surface area contributed by atoms with Crippen LogP contribution in [0.15, 0.2) is 72.8 Å². The largest absolute Gasteiger partial charge is 0.508 e. The molecule has 0 atom stereocenters. The van der Waals surface area contributed by atoms with Gasteiger partial charge in [0.25, 0.3) is 0 Å². The molecule has 1 saturated carbocycles. The van der Waals surface area contributed by atoms with Crippen LogP contribution in [0.3, 0.4) is 0 Å². The molecule has 0 heterocycles. The summed E-state index contributed by atoms with van der Waals surface area (Å²) in [5.41, 5.74) is 4.65. The number of fused-ring (bicyclic) bond motifs is 2. The molecule has 3 aromatic carbocycles. The Morgan fingerprint density at radius 2 is 1.70 bits per heavy atom. The molecule has 0 saturated heterocycles. The Labute approximate surface area is 198 Å². The number of carbonyl (C=O) groups is 1. The third kappa shape index (κ3) is 3.68. The summed E-state index contributed by atoms with van der Waals surface area (Å²) in [4.78, 5) is 13.1. The Morgan fingerprint density at radius 1 is 0.970 bits per heavy atom. The standard InChI is InChI=1S/C28H26ClNO3/c1-33-26(32)28(30-22-7-4-6-21(29)18-22)15-13-27(14-16-28)24-8-3-2-5-20(24)17-25(27)19-9-11-23(31)12-10-19/h2-12,17-18,30-31H,13-16H2,1H3. The molecule has 0 aliphatic heterocycles. The van der Waals surface area contributed by atoms with Crippen molar-refractivity contribution >= 4 is 34.9 Å². The van der Waals surface area contributed by atoms with Crippen molar-refractivity contribution in [3.05, 3.63) is 94.5 Å². The molecule has 0 radical (unpaired) electrons. The molecule has 2 aliphatic carbocycles. The molecule has 3 aromatic rings. The van der Waals surface area contributed by atoms with Crippen molar-refractivity contribution in [2.24, 2.45) is 0 Å². The monoisotopic (exact) mass is 459 g/mol. The highest BCUT2D eigenvalue weighted by Gasteiger charge is 2.52. The Bertz CT molecular complexity index is 1220. The zero-order valence-corrected chi connectivity index (χ0v) is 19.2. The van der Waals surface area contributed by atoms with E-state index in [1.807, 2.05) is 36.4 Å². The lowest BCUT2D eigenvalue weighted by Gasteiger charge is -2.46. The van der Waals surface area contributed by atoms with E-state index in [0.29, 0.717) is 17.9 Å². The first kappa shape index (κ1) is 21.6. The first-order valence-electron chi connectivity index (χ1n) is 11.2. The van der Waals surface area contributed by atoms with Gasteiger partial charge in [0.05, 0.1) is 7.11 Å². The van der Waals surface area contributed by atoms with Crippen LogP contribution in [0.5, 0.6) is 5.75 Å². The smallest absolute Gasteiger partial charge is 0.331 e. The lowest BCUT2D eigenvalue weighted by molar-refractivity contribution is -0.147. The van der Waals surface area contributed by atoms with E-state index in [0.717, 1.165) is 24.1 Å². The molecule has 0 amide bonds. The van der Waals surface area contributed by atoms with Crippen LogP contribution >= 0.6 is 11.6 Å². The normalized spacial score (nSPS) is 23.6. The van der Waals surface area contributed by atoms with Gasteiger partial charge in [-0.25, -0.2) is 4.79 Å². The average molecular weight is 460 g/mol. The summed E-state index contributed by atoms with van der Waals surface area (Å²) in [6.07, 6.45) is 5.09. The van der Waals surface area contributed by atoms with Crippen molar-refractivity contribution in [2.75, 3.05) is 12.4 Å². The Balaban J connectivity index is 1.52. The first-order chi connectivity index (χ1) is 16.0. The van der Waals surface area contributed by atoms with Crippen LogP contribution in [0.4, 0.5) is 5.69 Å². The summed E-state index contributed by atoms with van der Waals surface area (Å²) >= 11 is 6.19. The van der Waals surface area contributed by atoms with Gasteiger partial charge >= 0.3 is 5.97 Å². The van der Waals surface area contributed by atoms with Gasteiger partial charge in [-0.3, -0.25) is 0 Å². The Hall–Kier alpha value is -3.24. The van der Waals surface area contributed by atoms with Crippen LogP contribution in [-0.2, 0) is 14.9 Å². The lowest BCUT2D eigenvalue weighted by Crippen LogP contribution is -2.52. The number of phenols is 1. The van der Waals surface area contributed by atoms with Gasteiger partial charge < -0.3 is 15.2 Å². The number of methoxy groups -OCH3 is 1. The maximum atomic E-state index is 13.1. The van der Waals surface area contributed by atoms with E-state index >= 15 is 0 Å². The Kier molecular flexibility index (Phi) is 5.41. The average Bonchev–Trinajstić information content (AvgIpc) is 3.15. The van der Waals surface area contributed by atoms with E-state index in [4.69, 9.17) is 16.3 Å². The molecular weight excluding hydrogens is 434 g/mol. The van der Waals surface area contributed by atoms with Crippen LogP contribution in [0.2, 0.25) is 5.02 Å². The second kappa shape index (κ2) is 8.27. The quantitative estimate of drug-likeness (QED) is 0.441. The molecule has 0 bridgehead atoms. The van der Waals surface area contributed by atoms with Crippen LogP contribution in [-0.4, -0.2) is 23.7 Å². The predicted octanol–water partition coefficient (Wildman–Crippen LogP) is 6.44.